The Bertz CT molecular complexity index is 609. The van der Waals surface area contributed by atoms with Crippen molar-refractivity contribution < 1.29 is 9.53 Å². The predicted molar refractivity (Wildman–Crippen MR) is 73.7 cm³/mol. The number of hydrogen-bond donors (Lipinski definition) is 1. The fourth-order valence-electron chi connectivity index (χ4n) is 2.42. The minimum Gasteiger partial charge on any atom is -0.461 e. The fraction of sp³-hybridized carbons (Fsp3) is 0.357. The molecule has 6 heteroatoms. The van der Waals surface area contributed by atoms with Crippen molar-refractivity contribution in [2.45, 2.75) is 19.4 Å². The lowest BCUT2D eigenvalue weighted by atomic mass is 10.0. The molecule has 2 aromatic rings. The molecule has 6 nitrogen and oxygen atoms in total. The Labute approximate surface area is 116 Å². The van der Waals surface area contributed by atoms with Crippen LogP contribution in [0, 0.1) is 0 Å². The average Bonchev–Trinajstić information content (AvgIpc) is 2.92. The maximum atomic E-state index is 11.8. The topological polar surface area (TPSA) is 69.0 Å². The Hall–Kier alpha value is -2.37. The molecule has 0 amide bonds. The van der Waals surface area contributed by atoms with Crippen LogP contribution in [0.1, 0.15) is 35.4 Å². The number of nitrogens with zero attached hydrogens (tertiary/aromatic N) is 3. The fourth-order valence-corrected chi connectivity index (χ4v) is 2.42. The molecule has 0 saturated heterocycles. The van der Waals surface area contributed by atoms with Crippen molar-refractivity contribution in [2.24, 2.45) is 0 Å². The van der Waals surface area contributed by atoms with Gasteiger partial charge in [0.05, 0.1) is 12.6 Å². The molecule has 0 aliphatic carbocycles. The molecule has 3 rings (SSSR count). The number of rotatable bonds is 3. The minimum atomic E-state index is -0.385. The van der Waals surface area contributed by atoms with Gasteiger partial charge in [0.15, 0.2) is 5.69 Å². The lowest BCUT2D eigenvalue weighted by Crippen LogP contribution is -2.24. The van der Waals surface area contributed by atoms with Gasteiger partial charge in [0.1, 0.15) is 5.82 Å². The summed E-state index contributed by atoms with van der Waals surface area (Å²) >= 11 is 0. The average molecular weight is 272 g/mol. The van der Waals surface area contributed by atoms with Crippen LogP contribution in [0.5, 0.6) is 0 Å². The number of esters is 1. The van der Waals surface area contributed by atoms with E-state index >= 15 is 0 Å². The summed E-state index contributed by atoms with van der Waals surface area (Å²) in [5.74, 6) is 0.464. The van der Waals surface area contributed by atoms with Gasteiger partial charge < -0.3 is 10.1 Å². The zero-order valence-electron chi connectivity index (χ0n) is 11.2. The second-order valence-electron chi connectivity index (χ2n) is 4.59. The van der Waals surface area contributed by atoms with E-state index in [-0.39, 0.29) is 12.0 Å². The summed E-state index contributed by atoms with van der Waals surface area (Å²) in [5, 5.41) is 7.64. The molecule has 20 heavy (non-hydrogen) atoms. The van der Waals surface area contributed by atoms with Crippen molar-refractivity contribution in [3.63, 3.8) is 0 Å². The van der Waals surface area contributed by atoms with Gasteiger partial charge in [0.25, 0.3) is 0 Å². The van der Waals surface area contributed by atoms with Gasteiger partial charge in [0.2, 0.25) is 0 Å². The van der Waals surface area contributed by atoms with Crippen LogP contribution in [0.25, 0.3) is 0 Å². The monoisotopic (exact) mass is 272 g/mol. The molecule has 0 aromatic carbocycles. The van der Waals surface area contributed by atoms with Crippen LogP contribution in [-0.2, 0) is 4.74 Å². The van der Waals surface area contributed by atoms with Crippen molar-refractivity contribution in [3.05, 3.63) is 41.9 Å². The van der Waals surface area contributed by atoms with Crippen molar-refractivity contribution in [1.29, 1.82) is 0 Å². The van der Waals surface area contributed by atoms with Crippen LogP contribution in [0.4, 0.5) is 5.82 Å². The highest BCUT2D eigenvalue weighted by Gasteiger charge is 2.25. The molecule has 1 N–H and O–H groups in total. The Kier molecular flexibility index (Phi) is 3.37. The molecule has 0 radical (unpaired) electrons. The first kappa shape index (κ1) is 12.7. The summed E-state index contributed by atoms with van der Waals surface area (Å²) in [6.07, 6.45) is 4.46. The van der Waals surface area contributed by atoms with Gasteiger partial charge in [-0.3, -0.25) is 4.98 Å². The Morgan fingerprint density at radius 1 is 1.50 bits per heavy atom. The normalized spacial score (nSPS) is 17.1. The maximum absolute atomic E-state index is 11.8. The SMILES string of the molecule is CCOC(=O)c1cc2n(n1)C(c1ccncc1)CCN2. The van der Waals surface area contributed by atoms with Gasteiger partial charge in [-0.15, -0.1) is 0 Å². The Morgan fingerprint density at radius 2 is 2.30 bits per heavy atom. The lowest BCUT2D eigenvalue weighted by Gasteiger charge is -2.25. The number of fused-ring (bicyclic) bond motifs is 1. The van der Waals surface area contributed by atoms with Crippen LogP contribution in [0.15, 0.2) is 30.6 Å². The van der Waals surface area contributed by atoms with Gasteiger partial charge in [-0.1, -0.05) is 0 Å². The first-order chi connectivity index (χ1) is 9.79. The number of hydrogen-bond acceptors (Lipinski definition) is 5. The summed E-state index contributed by atoms with van der Waals surface area (Å²) in [4.78, 5) is 15.8. The zero-order chi connectivity index (χ0) is 13.9. The highest BCUT2D eigenvalue weighted by atomic mass is 16.5. The van der Waals surface area contributed by atoms with E-state index in [1.54, 1.807) is 25.4 Å². The standard InChI is InChI=1S/C14H16N4O2/c1-2-20-14(19)11-9-13-16-8-5-12(18(13)17-11)10-3-6-15-7-4-10/h3-4,6-7,9,12,16H,2,5,8H2,1H3. The van der Waals surface area contributed by atoms with E-state index in [4.69, 9.17) is 4.74 Å². The Morgan fingerprint density at radius 3 is 3.05 bits per heavy atom. The molecule has 0 saturated carbocycles. The minimum absolute atomic E-state index is 0.123. The molecule has 1 atom stereocenters. The summed E-state index contributed by atoms with van der Waals surface area (Å²) in [6.45, 7) is 2.98. The van der Waals surface area contributed by atoms with Crippen molar-refractivity contribution in [3.8, 4) is 0 Å². The zero-order valence-corrected chi connectivity index (χ0v) is 11.2. The number of aromatic nitrogens is 3. The van der Waals surface area contributed by atoms with E-state index in [9.17, 15) is 4.79 Å². The summed E-state index contributed by atoms with van der Waals surface area (Å²) in [6, 6.07) is 5.82. The molecular weight excluding hydrogens is 256 g/mol. The number of pyridine rings is 1. The Balaban J connectivity index is 1.95. The number of anilines is 1. The largest absolute Gasteiger partial charge is 0.461 e. The second kappa shape index (κ2) is 5.32. The van der Waals surface area contributed by atoms with Gasteiger partial charge in [-0.05, 0) is 31.0 Å². The molecule has 0 fully saturated rings. The third-order valence-electron chi connectivity index (χ3n) is 3.33. The number of nitrogens with one attached hydrogen (secondary N) is 1. The highest BCUT2D eigenvalue weighted by molar-refractivity contribution is 5.88. The van der Waals surface area contributed by atoms with Crippen LogP contribution in [0.2, 0.25) is 0 Å². The molecule has 1 unspecified atom stereocenters. The van der Waals surface area contributed by atoms with E-state index in [0.29, 0.717) is 12.3 Å². The summed E-state index contributed by atoms with van der Waals surface area (Å²) in [7, 11) is 0. The van der Waals surface area contributed by atoms with Crippen LogP contribution in [-0.4, -0.2) is 33.9 Å². The van der Waals surface area contributed by atoms with Gasteiger partial charge in [-0.25, -0.2) is 9.48 Å². The van der Waals surface area contributed by atoms with E-state index in [1.165, 1.54) is 0 Å². The first-order valence-corrected chi connectivity index (χ1v) is 6.70. The smallest absolute Gasteiger partial charge is 0.358 e. The summed E-state index contributed by atoms with van der Waals surface area (Å²) < 4.78 is 6.85. The molecular formula is C14H16N4O2. The highest BCUT2D eigenvalue weighted by Crippen LogP contribution is 2.29. The van der Waals surface area contributed by atoms with Crippen LogP contribution >= 0.6 is 0 Å². The number of ether oxygens (including phenoxy) is 1. The molecule has 104 valence electrons. The van der Waals surface area contributed by atoms with Crippen molar-refractivity contribution in [1.82, 2.24) is 14.8 Å². The van der Waals surface area contributed by atoms with E-state index in [1.807, 2.05) is 16.8 Å². The third-order valence-corrected chi connectivity index (χ3v) is 3.33. The third kappa shape index (κ3) is 2.24. The van der Waals surface area contributed by atoms with Crippen molar-refractivity contribution >= 4 is 11.8 Å². The van der Waals surface area contributed by atoms with Gasteiger partial charge in [-0.2, -0.15) is 5.10 Å². The quantitative estimate of drug-likeness (QED) is 0.864. The number of carbonyl (C=O) groups is 1. The first-order valence-electron chi connectivity index (χ1n) is 6.70. The maximum Gasteiger partial charge on any atom is 0.358 e. The van der Waals surface area contributed by atoms with Crippen LogP contribution < -0.4 is 5.32 Å². The van der Waals surface area contributed by atoms with Gasteiger partial charge in [0, 0.05) is 25.0 Å². The van der Waals surface area contributed by atoms with Crippen molar-refractivity contribution in [2.75, 3.05) is 18.5 Å². The molecule has 0 spiro atoms. The van der Waals surface area contributed by atoms with Gasteiger partial charge >= 0.3 is 5.97 Å². The van der Waals surface area contributed by atoms with Crippen LogP contribution in [0.3, 0.4) is 0 Å². The van der Waals surface area contributed by atoms with E-state index in [0.717, 1.165) is 24.3 Å². The molecule has 1 aliphatic heterocycles. The predicted octanol–water partition coefficient (Wildman–Crippen LogP) is 1.86. The molecule has 2 aromatic heterocycles. The summed E-state index contributed by atoms with van der Waals surface area (Å²) in [5.41, 5.74) is 1.48. The number of carbonyl (C=O) groups excluding carboxylic acids is 1. The molecule has 1 aliphatic rings. The molecule has 3 heterocycles. The lowest BCUT2D eigenvalue weighted by molar-refractivity contribution is 0.0518. The van der Waals surface area contributed by atoms with E-state index in [2.05, 4.69) is 15.4 Å². The van der Waals surface area contributed by atoms with E-state index < -0.39 is 0 Å². The second-order valence-corrected chi connectivity index (χ2v) is 4.59. The molecule has 0 bridgehead atoms.